The lowest BCUT2D eigenvalue weighted by Gasteiger charge is -2.29. The third-order valence-corrected chi connectivity index (χ3v) is 7.50. The first-order valence-electron chi connectivity index (χ1n) is 11.3. The van der Waals surface area contributed by atoms with Crippen molar-refractivity contribution in [3.63, 3.8) is 0 Å². The summed E-state index contributed by atoms with van der Waals surface area (Å²) in [6.07, 6.45) is -9.06. The highest BCUT2D eigenvalue weighted by atomic mass is 35.5. The van der Waals surface area contributed by atoms with Gasteiger partial charge in [0.1, 0.15) is 6.10 Å². The van der Waals surface area contributed by atoms with Crippen LogP contribution in [0.4, 0.5) is 22.8 Å². The highest BCUT2D eigenvalue weighted by Crippen LogP contribution is 2.49. The van der Waals surface area contributed by atoms with Crippen molar-refractivity contribution in [2.24, 2.45) is 10.9 Å². The van der Waals surface area contributed by atoms with Crippen molar-refractivity contribution >= 4 is 58.3 Å². The number of rotatable bonds is 5. The molecule has 0 saturated carbocycles. The molecule has 2 aliphatic heterocycles. The van der Waals surface area contributed by atoms with Crippen molar-refractivity contribution in [1.29, 1.82) is 0 Å². The van der Waals surface area contributed by atoms with Crippen LogP contribution in [0.5, 0.6) is 0 Å². The molecule has 3 atom stereocenters. The second-order valence-corrected chi connectivity index (χ2v) is 10.7. The van der Waals surface area contributed by atoms with E-state index in [-0.39, 0.29) is 40.0 Å². The molecule has 17 heteroatoms. The molecule has 2 aliphatic rings. The van der Waals surface area contributed by atoms with Gasteiger partial charge in [-0.05, 0) is 48.4 Å². The molecule has 1 fully saturated rings. The number of hydrogen-bond acceptors (Lipinski definition) is 8. The van der Waals surface area contributed by atoms with E-state index in [9.17, 15) is 31.8 Å². The first kappa shape index (κ1) is 29.6. The van der Waals surface area contributed by atoms with Crippen molar-refractivity contribution in [3.05, 3.63) is 68.7 Å². The van der Waals surface area contributed by atoms with Gasteiger partial charge in [0.2, 0.25) is 0 Å². The van der Waals surface area contributed by atoms with Crippen molar-refractivity contribution in [1.82, 2.24) is 9.62 Å². The van der Waals surface area contributed by atoms with Crippen molar-refractivity contribution in [2.45, 2.75) is 31.2 Å². The first-order chi connectivity index (χ1) is 18.7. The number of primary amides is 1. The Hall–Kier alpha value is -3.40. The number of ether oxygens (including phenoxy) is 1. The van der Waals surface area contributed by atoms with Gasteiger partial charge in [-0.25, -0.2) is 13.8 Å². The van der Waals surface area contributed by atoms with Gasteiger partial charge in [0.05, 0.1) is 12.3 Å². The minimum absolute atomic E-state index is 0.00179. The van der Waals surface area contributed by atoms with Crippen LogP contribution in [0.3, 0.4) is 0 Å². The summed E-state index contributed by atoms with van der Waals surface area (Å²) in [7, 11) is 0. The lowest BCUT2D eigenvalue weighted by atomic mass is 9.86. The maximum absolute atomic E-state index is 14.2. The number of halogens is 5. The number of alkyl halides is 3. The molecule has 11 nitrogen and oxygen atoms in total. The summed E-state index contributed by atoms with van der Waals surface area (Å²) in [5.41, 5.74) is 2.54. The van der Waals surface area contributed by atoms with E-state index in [0.29, 0.717) is 15.4 Å². The van der Waals surface area contributed by atoms with Gasteiger partial charge < -0.3 is 20.6 Å². The van der Waals surface area contributed by atoms with Crippen LogP contribution in [0.1, 0.15) is 33.5 Å². The molecule has 214 valence electrons. The quantitative estimate of drug-likeness (QED) is 0.476. The highest BCUT2D eigenvalue weighted by molar-refractivity contribution is 7.78. The zero-order valence-corrected chi connectivity index (χ0v) is 22.6. The van der Waals surface area contributed by atoms with Crippen LogP contribution in [-0.2, 0) is 30.6 Å². The zero-order valence-electron chi connectivity index (χ0n) is 20.3. The van der Waals surface area contributed by atoms with Crippen molar-refractivity contribution in [2.75, 3.05) is 13.1 Å². The lowest BCUT2D eigenvalue weighted by Crippen LogP contribution is -2.42. The SMILES string of the molecule is Cc1cc(C2=NOC(c3cc(Cl)cc(Cl)c3)(C(F)(F)F)C2)ccc1C(=O)NCC1CN(C(=O)OC(N)=O)S(=O)O1. The van der Waals surface area contributed by atoms with E-state index in [2.05, 4.69) is 15.2 Å². The predicted molar refractivity (Wildman–Crippen MR) is 136 cm³/mol. The monoisotopic (exact) mass is 622 g/mol. The van der Waals surface area contributed by atoms with E-state index in [0.717, 1.165) is 12.1 Å². The Morgan fingerprint density at radius 3 is 2.50 bits per heavy atom. The van der Waals surface area contributed by atoms with Crippen LogP contribution < -0.4 is 11.1 Å². The fourth-order valence-corrected chi connectivity index (χ4v) is 5.50. The van der Waals surface area contributed by atoms with Gasteiger partial charge in [-0.3, -0.25) is 8.98 Å². The topological polar surface area (TPSA) is 150 Å². The van der Waals surface area contributed by atoms with E-state index in [4.69, 9.17) is 38.0 Å². The maximum Gasteiger partial charge on any atom is 0.435 e. The van der Waals surface area contributed by atoms with Gasteiger partial charge in [0, 0.05) is 34.1 Å². The van der Waals surface area contributed by atoms with Crippen LogP contribution >= 0.6 is 23.2 Å². The van der Waals surface area contributed by atoms with Crippen molar-refractivity contribution in [3.8, 4) is 0 Å². The summed E-state index contributed by atoms with van der Waals surface area (Å²) < 4.78 is 64.5. The standard InChI is InChI=1S/C23H19Cl2F3N4O7S/c1-11-4-12(18-8-22(39-31-18,23(26,27)28)13-5-14(24)7-15(25)6-13)2-3-17(11)19(33)30-9-16-10-32(40(36)38-16)21(35)37-20(29)34/h2-7,16H,8-10H2,1H3,(H2,29,34)(H,30,33). The van der Waals surface area contributed by atoms with E-state index < -0.39 is 53.7 Å². The maximum atomic E-state index is 14.2. The fourth-order valence-electron chi connectivity index (χ4n) is 4.06. The molecule has 3 N–H and O–H groups in total. The first-order valence-corrected chi connectivity index (χ1v) is 13.0. The van der Waals surface area contributed by atoms with Crippen LogP contribution in [-0.4, -0.2) is 57.7 Å². The smallest absolute Gasteiger partial charge is 0.374 e. The van der Waals surface area contributed by atoms with Gasteiger partial charge in [0.25, 0.3) is 22.8 Å². The number of carbonyl (C=O) groups is 3. The molecule has 0 radical (unpaired) electrons. The molecule has 1 saturated heterocycles. The number of nitrogens with one attached hydrogen (secondary N) is 1. The molecule has 4 rings (SSSR count). The van der Waals surface area contributed by atoms with Crippen LogP contribution in [0.2, 0.25) is 10.0 Å². The molecule has 2 aromatic rings. The number of nitrogens with zero attached hydrogens (tertiary/aromatic N) is 2. The molecule has 2 heterocycles. The molecule has 0 spiro atoms. The number of nitrogens with two attached hydrogens (primary N) is 1. The Morgan fingerprint density at radius 1 is 1.23 bits per heavy atom. The molecular weight excluding hydrogens is 604 g/mol. The third kappa shape index (κ3) is 6.01. The molecule has 3 unspecified atom stereocenters. The van der Waals surface area contributed by atoms with Crippen molar-refractivity contribution < 1.29 is 45.5 Å². The van der Waals surface area contributed by atoms with E-state index in [1.165, 1.54) is 24.3 Å². The third-order valence-electron chi connectivity index (χ3n) is 5.97. The minimum Gasteiger partial charge on any atom is -0.374 e. The summed E-state index contributed by atoms with van der Waals surface area (Å²) in [6, 6.07) is 7.83. The number of hydrogen-bond donors (Lipinski definition) is 2. The summed E-state index contributed by atoms with van der Waals surface area (Å²) in [5.74, 6) is -0.570. The summed E-state index contributed by atoms with van der Waals surface area (Å²) in [5, 5.41) is 6.27. The molecular formula is C23H19Cl2F3N4O7S. The Labute approximate surface area is 237 Å². The Bertz CT molecular complexity index is 1420. The van der Waals surface area contributed by atoms with E-state index in [1.54, 1.807) is 6.92 Å². The number of oxime groups is 1. The Kier molecular flexibility index (Phi) is 8.31. The van der Waals surface area contributed by atoms with Crippen LogP contribution in [0.25, 0.3) is 0 Å². The predicted octanol–water partition coefficient (Wildman–Crippen LogP) is 4.11. The summed E-state index contributed by atoms with van der Waals surface area (Å²) in [4.78, 5) is 40.2. The molecule has 0 aliphatic carbocycles. The summed E-state index contributed by atoms with van der Waals surface area (Å²) in [6.45, 7) is 1.16. The number of benzene rings is 2. The Morgan fingerprint density at radius 2 is 1.90 bits per heavy atom. The molecule has 40 heavy (non-hydrogen) atoms. The lowest BCUT2D eigenvalue weighted by molar-refractivity contribution is -0.275. The van der Waals surface area contributed by atoms with Gasteiger partial charge in [-0.2, -0.15) is 17.5 Å². The van der Waals surface area contributed by atoms with E-state index in [1.807, 2.05) is 0 Å². The summed E-state index contributed by atoms with van der Waals surface area (Å²) >= 11 is 9.60. The number of carbonyl (C=O) groups excluding carboxylic acids is 3. The van der Waals surface area contributed by atoms with Gasteiger partial charge in [0.15, 0.2) is 0 Å². The fraction of sp³-hybridized carbons (Fsp3) is 0.304. The number of aryl methyl sites for hydroxylation is 1. The van der Waals surface area contributed by atoms with E-state index >= 15 is 0 Å². The second-order valence-electron chi connectivity index (χ2n) is 8.71. The van der Waals surface area contributed by atoms with Gasteiger partial charge in [-0.15, -0.1) is 0 Å². The molecule has 3 amide bonds. The van der Waals surface area contributed by atoms with Crippen LogP contribution in [0, 0.1) is 6.92 Å². The normalized spacial score (nSPS) is 22.4. The minimum atomic E-state index is -4.86. The molecule has 0 bridgehead atoms. The number of amides is 3. The highest BCUT2D eigenvalue weighted by Gasteiger charge is 2.62. The average molecular weight is 623 g/mol. The van der Waals surface area contributed by atoms with Gasteiger partial charge in [-0.1, -0.05) is 34.4 Å². The average Bonchev–Trinajstić information content (AvgIpc) is 3.46. The molecule has 2 aromatic carbocycles. The zero-order chi connectivity index (χ0) is 29.4. The largest absolute Gasteiger partial charge is 0.435 e. The van der Waals surface area contributed by atoms with Gasteiger partial charge >= 0.3 is 18.4 Å². The molecule has 0 aromatic heterocycles. The van der Waals surface area contributed by atoms with Crippen LogP contribution in [0.15, 0.2) is 41.6 Å². The second kappa shape index (κ2) is 11.2. The Balaban J connectivity index is 1.44.